The SMILES string of the molecule is O=C(COC(=O)C1(CC(=O)N2CCOCC2)CCCC1)c1ccc[nH]1. The van der Waals surface area contributed by atoms with Crippen molar-refractivity contribution in [3.63, 3.8) is 0 Å². The Morgan fingerprint density at radius 2 is 1.92 bits per heavy atom. The van der Waals surface area contributed by atoms with E-state index in [1.54, 1.807) is 23.2 Å². The monoisotopic (exact) mass is 348 g/mol. The number of rotatable bonds is 6. The summed E-state index contributed by atoms with van der Waals surface area (Å²) in [6.07, 6.45) is 4.88. The lowest BCUT2D eigenvalue weighted by Crippen LogP contribution is -2.44. The number of carbonyl (C=O) groups excluding carboxylic acids is 3. The summed E-state index contributed by atoms with van der Waals surface area (Å²) in [5, 5.41) is 0. The highest BCUT2D eigenvalue weighted by atomic mass is 16.5. The van der Waals surface area contributed by atoms with Crippen molar-refractivity contribution >= 4 is 17.7 Å². The molecule has 0 spiro atoms. The van der Waals surface area contributed by atoms with Gasteiger partial charge in [-0.25, -0.2) is 0 Å². The van der Waals surface area contributed by atoms with Gasteiger partial charge in [0.15, 0.2) is 6.61 Å². The topological polar surface area (TPSA) is 88.7 Å². The van der Waals surface area contributed by atoms with Crippen molar-refractivity contribution in [2.24, 2.45) is 5.41 Å². The van der Waals surface area contributed by atoms with Gasteiger partial charge in [-0.15, -0.1) is 0 Å². The summed E-state index contributed by atoms with van der Waals surface area (Å²) in [7, 11) is 0. The standard InChI is InChI=1S/C18H24N2O5/c21-15(14-4-3-7-19-14)13-25-17(23)18(5-1-2-6-18)12-16(22)20-8-10-24-11-9-20/h3-4,7,19H,1-2,5-6,8-13H2. The summed E-state index contributed by atoms with van der Waals surface area (Å²) in [4.78, 5) is 41.8. The number of aromatic nitrogens is 1. The van der Waals surface area contributed by atoms with E-state index in [1.807, 2.05) is 0 Å². The minimum atomic E-state index is -0.786. The van der Waals surface area contributed by atoms with Crippen molar-refractivity contribution < 1.29 is 23.9 Å². The minimum absolute atomic E-state index is 0.0298. The van der Waals surface area contributed by atoms with Crippen LogP contribution in [0, 0.1) is 5.41 Å². The van der Waals surface area contributed by atoms with Crippen LogP contribution in [0.25, 0.3) is 0 Å². The summed E-state index contributed by atoms with van der Waals surface area (Å²) in [6, 6.07) is 3.36. The van der Waals surface area contributed by atoms with Crippen molar-refractivity contribution in [2.45, 2.75) is 32.1 Å². The van der Waals surface area contributed by atoms with Gasteiger partial charge in [-0.2, -0.15) is 0 Å². The lowest BCUT2D eigenvalue weighted by Gasteiger charge is -2.31. The average Bonchev–Trinajstić information content (AvgIpc) is 3.32. The maximum Gasteiger partial charge on any atom is 0.313 e. The Kier molecular flexibility index (Phi) is 5.53. The number of carbonyl (C=O) groups is 3. The van der Waals surface area contributed by atoms with Gasteiger partial charge in [0.05, 0.1) is 24.3 Å². The fourth-order valence-corrected chi connectivity index (χ4v) is 3.58. The van der Waals surface area contributed by atoms with Gasteiger partial charge in [-0.3, -0.25) is 14.4 Å². The van der Waals surface area contributed by atoms with E-state index in [0.717, 1.165) is 12.8 Å². The molecular formula is C18H24N2O5. The second-order valence-electron chi connectivity index (χ2n) is 6.74. The Balaban J connectivity index is 1.59. The number of aromatic amines is 1. The molecule has 1 saturated carbocycles. The third kappa shape index (κ3) is 4.10. The van der Waals surface area contributed by atoms with Crippen LogP contribution < -0.4 is 0 Å². The molecule has 1 N–H and O–H groups in total. The van der Waals surface area contributed by atoms with Crippen molar-refractivity contribution in [2.75, 3.05) is 32.9 Å². The lowest BCUT2D eigenvalue weighted by atomic mass is 9.82. The number of amides is 1. The number of Topliss-reactive ketones (excluding diaryl/α,β-unsaturated/α-hetero) is 1. The number of hydrogen-bond acceptors (Lipinski definition) is 5. The predicted octanol–water partition coefficient (Wildman–Crippen LogP) is 1.55. The first kappa shape index (κ1) is 17.7. The molecule has 7 nitrogen and oxygen atoms in total. The van der Waals surface area contributed by atoms with E-state index < -0.39 is 11.4 Å². The van der Waals surface area contributed by atoms with Gasteiger partial charge < -0.3 is 19.4 Å². The molecule has 0 unspecified atom stereocenters. The molecule has 1 aromatic heterocycles. The quantitative estimate of drug-likeness (QED) is 0.622. The van der Waals surface area contributed by atoms with Gasteiger partial charge in [0.1, 0.15) is 0 Å². The summed E-state index contributed by atoms with van der Waals surface area (Å²) in [6.45, 7) is 1.90. The summed E-state index contributed by atoms with van der Waals surface area (Å²) in [5.74, 6) is -0.727. The maximum absolute atomic E-state index is 12.7. The molecule has 0 bridgehead atoms. The molecule has 136 valence electrons. The largest absolute Gasteiger partial charge is 0.457 e. The van der Waals surface area contributed by atoms with Gasteiger partial charge in [0.25, 0.3) is 0 Å². The number of nitrogens with one attached hydrogen (secondary N) is 1. The normalized spacial score (nSPS) is 19.6. The molecule has 2 aliphatic rings. The van der Waals surface area contributed by atoms with E-state index in [4.69, 9.17) is 9.47 Å². The number of ether oxygens (including phenoxy) is 2. The van der Waals surface area contributed by atoms with Crippen molar-refractivity contribution in [1.82, 2.24) is 9.88 Å². The highest BCUT2D eigenvalue weighted by molar-refractivity contribution is 5.97. The first-order chi connectivity index (χ1) is 12.1. The molecule has 1 aliphatic carbocycles. The molecule has 0 atom stereocenters. The van der Waals surface area contributed by atoms with Crippen LogP contribution in [0.5, 0.6) is 0 Å². The number of morpholine rings is 1. The molecule has 25 heavy (non-hydrogen) atoms. The Morgan fingerprint density at radius 1 is 1.20 bits per heavy atom. The molecule has 0 radical (unpaired) electrons. The maximum atomic E-state index is 12.7. The van der Waals surface area contributed by atoms with Crippen LogP contribution in [-0.4, -0.2) is 60.5 Å². The van der Waals surface area contributed by atoms with Crippen LogP contribution in [0.2, 0.25) is 0 Å². The number of esters is 1. The van der Waals surface area contributed by atoms with Crippen LogP contribution in [-0.2, 0) is 19.1 Å². The van der Waals surface area contributed by atoms with E-state index in [2.05, 4.69) is 4.98 Å². The second-order valence-corrected chi connectivity index (χ2v) is 6.74. The van der Waals surface area contributed by atoms with Gasteiger partial charge in [-0.05, 0) is 25.0 Å². The molecule has 1 amide bonds. The minimum Gasteiger partial charge on any atom is -0.457 e. The van der Waals surface area contributed by atoms with Gasteiger partial charge in [-0.1, -0.05) is 12.8 Å². The highest BCUT2D eigenvalue weighted by Gasteiger charge is 2.45. The van der Waals surface area contributed by atoms with Gasteiger partial charge in [0.2, 0.25) is 11.7 Å². The van der Waals surface area contributed by atoms with Crippen LogP contribution in [0.3, 0.4) is 0 Å². The first-order valence-electron chi connectivity index (χ1n) is 8.80. The van der Waals surface area contributed by atoms with E-state index in [0.29, 0.717) is 44.8 Å². The second kappa shape index (κ2) is 7.82. The van der Waals surface area contributed by atoms with Crippen molar-refractivity contribution in [1.29, 1.82) is 0 Å². The highest BCUT2D eigenvalue weighted by Crippen LogP contribution is 2.42. The zero-order valence-corrected chi connectivity index (χ0v) is 14.3. The Bertz CT molecular complexity index is 613. The molecule has 1 aromatic rings. The molecular weight excluding hydrogens is 324 g/mol. The zero-order chi connectivity index (χ0) is 17.7. The fraction of sp³-hybridized carbons (Fsp3) is 0.611. The number of nitrogens with zero attached hydrogens (tertiary/aromatic N) is 1. The van der Waals surface area contributed by atoms with Crippen molar-refractivity contribution in [3.8, 4) is 0 Å². The smallest absolute Gasteiger partial charge is 0.313 e. The Hall–Kier alpha value is -2.15. The van der Waals surface area contributed by atoms with E-state index in [9.17, 15) is 14.4 Å². The molecule has 2 fully saturated rings. The summed E-state index contributed by atoms with van der Waals surface area (Å²) >= 11 is 0. The molecule has 1 aliphatic heterocycles. The predicted molar refractivity (Wildman–Crippen MR) is 89.0 cm³/mol. The van der Waals surface area contributed by atoms with Crippen LogP contribution >= 0.6 is 0 Å². The van der Waals surface area contributed by atoms with E-state index in [1.165, 1.54) is 0 Å². The van der Waals surface area contributed by atoms with Gasteiger partial charge in [0, 0.05) is 25.7 Å². The Labute approximate surface area is 146 Å². The van der Waals surface area contributed by atoms with E-state index in [-0.39, 0.29) is 24.7 Å². The average molecular weight is 348 g/mol. The molecule has 7 heteroatoms. The third-order valence-electron chi connectivity index (χ3n) is 5.08. The molecule has 3 rings (SSSR count). The number of ketones is 1. The summed E-state index contributed by atoms with van der Waals surface area (Å²) < 4.78 is 10.6. The third-order valence-corrected chi connectivity index (χ3v) is 5.08. The van der Waals surface area contributed by atoms with Crippen molar-refractivity contribution in [3.05, 3.63) is 24.0 Å². The number of H-pyrrole nitrogens is 1. The number of hydrogen-bond donors (Lipinski definition) is 1. The first-order valence-corrected chi connectivity index (χ1v) is 8.80. The van der Waals surface area contributed by atoms with E-state index >= 15 is 0 Å². The van der Waals surface area contributed by atoms with Crippen LogP contribution in [0.4, 0.5) is 0 Å². The van der Waals surface area contributed by atoms with Crippen LogP contribution in [0.15, 0.2) is 18.3 Å². The summed E-state index contributed by atoms with van der Waals surface area (Å²) in [5.41, 5.74) is -0.372. The zero-order valence-electron chi connectivity index (χ0n) is 14.3. The molecule has 2 heterocycles. The molecule has 0 aromatic carbocycles. The fourth-order valence-electron chi connectivity index (χ4n) is 3.58. The Morgan fingerprint density at radius 3 is 2.56 bits per heavy atom. The molecule has 1 saturated heterocycles. The van der Waals surface area contributed by atoms with Crippen LogP contribution in [0.1, 0.15) is 42.6 Å². The van der Waals surface area contributed by atoms with Gasteiger partial charge >= 0.3 is 5.97 Å². The lowest BCUT2D eigenvalue weighted by molar-refractivity contribution is -0.159.